The van der Waals surface area contributed by atoms with Gasteiger partial charge in [-0.25, -0.2) is 14.8 Å². The molecule has 2 amide bonds. The minimum Gasteiger partial charge on any atom is -0.352 e. The van der Waals surface area contributed by atoms with Crippen LogP contribution in [0.3, 0.4) is 0 Å². The third-order valence-corrected chi connectivity index (χ3v) is 6.21. The van der Waals surface area contributed by atoms with Gasteiger partial charge in [0, 0.05) is 36.5 Å². The zero-order valence-electron chi connectivity index (χ0n) is 18.2. The summed E-state index contributed by atoms with van der Waals surface area (Å²) < 4.78 is 18.4. The van der Waals surface area contributed by atoms with E-state index in [2.05, 4.69) is 27.7 Å². The number of ether oxygens (including phenoxy) is 3. The number of carbonyl (C=O) groups is 1. The number of hydrogen-bond donors (Lipinski definition) is 2. The molecule has 32 heavy (non-hydrogen) atoms. The van der Waals surface area contributed by atoms with Gasteiger partial charge in [-0.15, -0.1) is 0 Å². The quantitative estimate of drug-likeness (QED) is 0.724. The average molecular weight is 459 g/mol. The molecule has 3 fully saturated rings. The number of fused-ring (bicyclic) bond motifs is 5. The summed E-state index contributed by atoms with van der Waals surface area (Å²) >= 11 is 5.88. The lowest BCUT2D eigenvalue weighted by Gasteiger charge is -2.42. The van der Waals surface area contributed by atoms with E-state index in [4.69, 9.17) is 25.8 Å². The number of halogens is 1. The van der Waals surface area contributed by atoms with Crippen molar-refractivity contribution in [2.24, 2.45) is 0 Å². The Morgan fingerprint density at radius 2 is 1.62 bits per heavy atom. The summed E-state index contributed by atoms with van der Waals surface area (Å²) in [5.74, 6) is -0.586. The van der Waals surface area contributed by atoms with E-state index in [0.717, 1.165) is 12.1 Å². The highest BCUT2D eigenvalue weighted by Gasteiger charge is 2.59. The number of rotatable bonds is 4. The van der Waals surface area contributed by atoms with Crippen LogP contribution in [0.25, 0.3) is 0 Å². The number of urea groups is 1. The second-order valence-corrected chi connectivity index (χ2v) is 9.29. The Bertz CT molecular complexity index is 982. The first-order valence-corrected chi connectivity index (χ1v) is 11.1. The molecule has 0 spiro atoms. The first kappa shape index (κ1) is 21.6. The number of benzene rings is 2. The fourth-order valence-electron chi connectivity index (χ4n) is 4.52. The van der Waals surface area contributed by atoms with Crippen molar-refractivity contribution in [3.8, 4) is 0 Å². The van der Waals surface area contributed by atoms with Gasteiger partial charge in [0.05, 0.1) is 0 Å². The van der Waals surface area contributed by atoms with E-state index < -0.39 is 5.79 Å². The van der Waals surface area contributed by atoms with Crippen LogP contribution in [-0.4, -0.2) is 60.0 Å². The molecule has 9 heteroatoms. The maximum absolute atomic E-state index is 12.2. The van der Waals surface area contributed by atoms with Crippen LogP contribution in [0.5, 0.6) is 0 Å². The highest BCUT2D eigenvalue weighted by Crippen LogP contribution is 2.42. The Morgan fingerprint density at radius 3 is 2.28 bits per heavy atom. The summed E-state index contributed by atoms with van der Waals surface area (Å²) in [5.41, 5.74) is 2.48. The minimum atomic E-state index is -0.586. The third kappa shape index (κ3) is 4.34. The van der Waals surface area contributed by atoms with Crippen molar-refractivity contribution < 1.29 is 19.0 Å². The van der Waals surface area contributed by atoms with Gasteiger partial charge in [-0.05, 0) is 55.8 Å². The number of hydrogen-bond acceptors (Lipinski definition) is 6. The highest BCUT2D eigenvalue weighted by molar-refractivity contribution is 6.30. The maximum Gasteiger partial charge on any atom is 0.323 e. The Balaban J connectivity index is 1.21. The predicted molar refractivity (Wildman–Crippen MR) is 121 cm³/mol. The zero-order chi connectivity index (χ0) is 22.5. The molecule has 2 aromatic carbocycles. The van der Waals surface area contributed by atoms with Gasteiger partial charge in [-0.1, -0.05) is 23.7 Å². The van der Waals surface area contributed by atoms with Gasteiger partial charge in [0.2, 0.25) is 0 Å². The molecule has 0 aromatic heterocycles. The number of nitrogens with zero attached hydrogens (tertiary/aromatic N) is 2. The molecule has 3 heterocycles. The molecular formula is C23H27ClN4O4. The molecule has 3 saturated heterocycles. The maximum atomic E-state index is 12.2. The molecule has 0 radical (unpaired) electrons. The van der Waals surface area contributed by atoms with Crippen LogP contribution in [0, 0.1) is 0 Å². The molecule has 0 saturated carbocycles. The van der Waals surface area contributed by atoms with E-state index in [1.807, 2.05) is 38.1 Å². The van der Waals surface area contributed by atoms with Crippen molar-refractivity contribution in [1.29, 1.82) is 0 Å². The van der Waals surface area contributed by atoms with Gasteiger partial charge >= 0.3 is 6.03 Å². The average Bonchev–Trinajstić information content (AvgIpc) is 3.20. The molecule has 2 bridgehead atoms. The Hall–Kier alpha value is -2.20. The van der Waals surface area contributed by atoms with Crippen molar-refractivity contribution in [3.05, 3.63) is 59.1 Å². The molecular weight excluding hydrogens is 432 g/mol. The highest BCUT2D eigenvalue weighted by atomic mass is 35.5. The lowest BCUT2D eigenvalue weighted by Crippen LogP contribution is -2.55. The first-order valence-electron chi connectivity index (χ1n) is 10.7. The fourth-order valence-corrected chi connectivity index (χ4v) is 4.65. The monoisotopic (exact) mass is 458 g/mol. The second kappa shape index (κ2) is 8.30. The van der Waals surface area contributed by atoms with E-state index in [-0.39, 0.29) is 30.6 Å². The van der Waals surface area contributed by atoms with Gasteiger partial charge in [-0.3, -0.25) is 0 Å². The van der Waals surface area contributed by atoms with Crippen molar-refractivity contribution in [3.63, 3.8) is 0 Å². The number of amides is 2. The van der Waals surface area contributed by atoms with Gasteiger partial charge in [0.15, 0.2) is 12.0 Å². The van der Waals surface area contributed by atoms with Crippen molar-refractivity contribution in [1.82, 2.24) is 10.0 Å². The standard InChI is InChI=1S/C23H27ClN4O4/c1-23(2)31-19-18-13-27(3)28(21(30-18)20(19)32-23)12-14-4-8-16(9-5-14)25-22(29)26-17-10-6-15(24)7-11-17/h4-11,18-21H,12-13H2,1-3H3,(H2,25,26,29)/t18-,19-,20-,21-/m1/s1. The normalized spacial score (nSPS) is 29.0. The summed E-state index contributed by atoms with van der Waals surface area (Å²) in [4.78, 5) is 12.2. The molecule has 2 aromatic rings. The fraction of sp³-hybridized carbons (Fsp3) is 0.435. The zero-order valence-corrected chi connectivity index (χ0v) is 19.0. The lowest BCUT2D eigenvalue weighted by molar-refractivity contribution is -0.267. The Labute approximate surface area is 192 Å². The molecule has 8 nitrogen and oxygen atoms in total. The lowest BCUT2D eigenvalue weighted by atomic mass is 10.1. The van der Waals surface area contributed by atoms with Crippen LogP contribution < -0.4 is 10.6 Å². The summed E-state index contributed by atoms with van der Waals surface area (Å²) in [6.45, 7) is 5.31. The molecule has 0 aliphatic carbocycles. The molecule has 4 atom stereocenters. The van der Waals surface area contributed by atoms with Crippen molar-refractivity contribution in [2.45, 2.75) is 50.7 Å². The van der Waals surface area contributed by atoms with E-state index in [9.17, 15) is 4.79 Å². The topological polar surface area (TPSA) is 75.3 Å². The largest absolute Gasteiger partial charge is 0.352 e. The van der Waals surface area contributed by atoms with Gasteiger partial charge in [-0.2, -0.15) is 0 Å². The number of likely N-dealkylation sites (N-methyl/N-ethyl adjacent to an activating group) is 1. The Kier molecular flexibility index (Phi) is 5.61. The summed E-state index contributed by atoms with van der Waals surface area (Å²) in [7, 11) is 2.06. The second-order valence-electron chi connectivity index (χ2n) is 8.85. The molecule has 170 valence electrons. The smallest absolute Gasteiger partial charge is 0.323 e. The Morgan fingerprint density at radius 1 is 1.03 bits per heavy atom. The van der Waals surface area contributed by atoms with Crippen LogP contribution >= 0.6 is 11.6 Å². The predicted octanol–water partition coefficient (Wildman–Crippen LogP) is 3.89. The summed E-state index contributed by atoms with van der Waals surface area (Å²) in [6.07, 6.45) is -0.335. The summed E-state index contributed by atoms with van der Waals surface area (Å²) in [5, 5.41) is 10.6. The number of hydrazine groups is 1. The van der Waals surface area contributed by atoms with Gasteiger partial charge < -0.3 is 24.8 Å². The molecule has 2 N–H and O–H groups in total. The molecule has 5 rings (SSSR count). The third-order valence-electron chi connectivity index (χ3n) is 5.96. The molecule has 3 aliphatic heterocycles. The van der Waals surface area contributed by atoms with Crippen molar-refractivity contribution >= 4 is 29.0 Å². The van der Waals surface area contributed by atoms with Gasteiger partial charge in [0.1, 0.15) is 18.3 Å². The SMILES string of the molecule is CN1C[C@H]2O[C@H]([C@@H]3OC(C)(C)O[C@@H]32)N1Cc1ccc(NC(=O)Nc2ccc(Cl)cc2)cc1. The minimum absolute atomic E-state index is 0.0127. The van der Waals surface area contributed by atoms with Crippen LogP contribution in [0.1, 0.15) is 19.4 Å². The van der Waals surface area contributed by atoms with Crippen LogP contribution in [0.4, 0.5) is 16.2 Å². The van der Waals surface area contributed by atoms with E-state index >= 15 is 0 Å². The molecule has 3 aliphatic rings. The summed E-state index contributed by atoms with van der Waals surface area (Å²) in [6, 6.07) is 14.4. The van der Waals surface area contributed by atoms with E-state index in [1.54, 1.807) is 24.3 Å². The first-order chi connectivity index (χ1) is 15.3. The van der Waals surface area contributed by atoms with Crippen molar-refractivity contribution in [2.75, 3.05) is 24.2 Å². The van der Waals surface area contributed by atoms with Crippen LogP contribution in [-0.2, 0) is 20.8 Å². The van der Waals surface area contributed by atoms with Crippen LogP contribution in [0.2, 0.25) is 5.02 Å². The van der Waals surface area contributed by atoms with E-state index in [0.29, 0.717) is 22.9 Å². The van der Waals surface area contributed by atoms with Gasteiger partial charge in [0.25, 0.3) is 0 Å². The number of nitrogens with one attached hydrogen (secondary N) is 2. The number of anilines is 2. The number of carbonyl (C=O) groups excluding carboxylic acids is 1. The molecule has 0 unspecified atom stereocenters. The van der Waals surface area contributed by atoms with E-state index in [1.165, 1.54) is 0 Å². The van der Waals surface area contributed by atoms with Crippen LogP contribution in [0.15, 0.2) is 48.5 Å².